The van der Waals surface area contributed by atoms with Crippen LogP contribution in [0.1, 0.15) is 30.0 Å². The monoisotopic (exact) mass is 452 g/mol. The average Bonchev–Trinajstić information content (AvgIpc) is 2.76. The number of hydrogen-bond acceptors (Lipinski definition) is 3. The van der Waals surface area contributed by atoms with Gasteiger partial charge in [-0.1, -0.05) is 60.7 Å². The van der Waals surface area contributed by atoms with Gasteiger partial charge in [0, 0.05) is 24.4 Å². The van der Waals surface area contributed by atoms with Crippen molar-refractivity contribution in [2.75, 3.05) is 13.1 Å². The number of alkyl halides is 3. The number of hydrogen-bond donors (Lipinski definition) is 1. The van der Waals surface area contributed by atoms with E-state index in [1.165, 1.54) is 34.6 Å². The van der Waals surface area contributed by atoms with Crippen molar-refractivity contribution in [1.29, 1.82) is 0 Å². The van der Waals surface area contributed by atoms with Gasteiger partial charge in [0.15, 0.2) is 6.04 Å². The summed E-state index contributed by atoms with van der Waals surface area (Å²) in [7, 11) is -3.68. The Morgan fingerprint density at radius 1 is 1.00 bits per heavy atom. The van der Waals surface area contributed by atoms with E-state index in [0.29, 0.717) is 0 Å². The molecule has 1 aliphatic heterocycles. The standard InChI is InChI=1S/C22H23F3N2O3S/c23-22(24,25)20(18-9-5-2-6-10-18)26-21(28)19-11-14-27(15-12-19)31(29,30)16-13-17-7-3-1-4-8-17/h1-10,13,16,19-20H,11-12,14-15H2,(H,26,28)/b16-13+. The van der Waals surface area contributed by atoms with Gasteiger partial charge < -0.3 is 5.32 Å². The highest BCUT2D eigenvalue weighted by molar-refractivity contribution is 7.92. The molecule has 2 aromatic carbocycles. The Bertz CT molecular complexity index is 1000. The van der Waals surface area contributed by atoms with E-state index in [0.717, 1.165) is 11.0 Å². The summed E-state index contributed by atoms with van der Waals surface area (Å²) in [6.45, 7) is 0.142. The smallest absolute Gasteiger partial charge is 0.341 e. The molecule has 0 aliphatic carbocycles. The van der Waals surface area contributed by atoms with Crippen molar-refractivity contribution in [3.8, 4) is 0 Å². The van der Waals surface area contributed by atoms with Gasteiger partial charge in [-0.25, -0.2) is 8.42 Å². The number of amides is 1. The van der Waals surface area contributed by atoms with E-state index in [9.17, 15) is 26.4 Å². The van der Waals surface area contributed by atoms with Crippen LogP contribution in [0.2, 0.25) is 0 Å². The summed E-state index contributed by atoms with van der Waals surface area (Å²) in [6, 6.07) is 14.0. The van der Waals surface area contributed by atoms with Gasteiger partial charge in [0.05, 0.1) is 0 Å². The number of nitrogens with zero attached hydrogens (tertiary/aromatic N) is 1. The second-order valence-corrected chi connectivity index (χ2v) is 9.14. The predicted octanol–water partition coefficient (Wildman–Crippen LogP) is 4.12. The Morgan fingerprint density at radius 2 is 1.55 bits per heavy atom. The zero-order chi connectivity index (χ0) is 22.5. The number of nitrogens with one attached hydrogen (secondary N) is 1. The molecule has 166 valence electrons. The molecule has 0 bridgehead atoms. The molecule has 5 nitrogen and oxygen atoms in total. The highest BCUT2D eigenvalue weighted by atomic mass is 32.2. The highest BCUT2D eigenvalue weighted by Crippen LogP contribution is 2.33. The van der Waals surface area contributed by atoms with Crippen LogP contribution >= 0.6 is 0 Å². The van der Waals surface area contributed by atoms with Crippen LogP contribution in [-0.2, 0) is 14.8 Å². The molecule has 1 atom stereocenters. The number of halogens is 3. The number of benzene rings is 2. The minimum Gasteiger partial charge on any atom is -0.341 e. The lowest BCUT2D eigenvalue weighted by Gasteiger charge is -2.31. The molecule has 1 unspecified atom stereocenters. The Kier molecular flexibility index (Phi) is 7.17. The van der Waals surface area contributed by atoms with Gasteiger partial charge in [-0.15, -0.1) is 0 Å². The van der Waals surface area contributed by atoms with E-state index >= 15 is 0 Å². The van der Waals surface area contributed by atoms with Gasteiger partial charge in [0.2, 0.25) is 15.9 Å². The largest absolute Gasteiger partial charge is 0.412 e. The first-order valence-corrected chi connectivity index (χ1v) is 11.3. The second-order valence-electron chi connectivity index (χ2n) is 7.33. The van der Waals surface area contributed by atoms with Crippen LogP contribution < -0.4 is 5.32 Å². The molecule has 1 saturated heterocycles. The van der Waals surface area contributed by atoms with Gasteiger partial charge in [-0.2, -0.15) is 17.5 Å². The van der Waals surface area contributed by atoms with Crippen molar-refractivity contribution >= 4 is 22.0 Å². The third-order valence-electron chi connectivity index (χ3n) is 5.16. The lowest BCUT2D eigenvalue weighted by atomic mass is 9.96. The quantitative estimate of drug-likeness (QED) is 0.717. The Balaban J connectivity index is 1.60. The van der Waals surface area contributed by atoms with Crippen molar-refractivity contribution in [1.82, 2.24) is 9.62 Å². The fourth-order valence-corrected chi connectivity index (χ4v) is 4.67. The number of carbonyl (C=O) groups is 1. The third-order valence-corrected chi connectivity index (χ3v) is 6.73. The third kappa shape index (κ3) is 6.18. The summed E-state index contributed by atoms with van der Waals surface area (Å²) in [5.41, 5.74) is 0.689. The molecule has 0 spiro atoms. The summed E-state index contributed by atoms with van der Waals surface area (Å²) < 4.78 is 66.7. The molecule has 2 aromatic rings. The first-order chi connectivity index (χ1) is 14.7. The number of piperidine rings is 1. The van der Waals surface area contributed by atoms with Crippen molar-refractivity contribution in [3.05, 3.63) is 77.2 Å². The normalized spacial score (nSPS) is 17.5. The fraction of sp³-hybridized carbons (Fsp3) is 0.318. The molecular weight excluding hydrogens is 429 g/mol. The second kappa shape index (κ2) is 9.65. The summed E-state index contributed by atoms with van der Waals surface area (Å²) in [5.74, 6) is -1.40. The van der Waals surface area contributed by atoms with Crippen LogP contribution in [-0.4, -0.2) is 37.9 Å². The summed E-state index contributed by atoms with van der Waals surface area (Å²) in [5, 5.41) is 3.21. The maximum Gasteiger partial charge on any atom is 0.412 e. The average molecular weight is 452 g/mol. The number of rotatable bonds is 6. The van der Waals surface area contributed by atoms with Crippen LogP contribution in [0.25, 0.3) is 6.08 Å². The molecule has 1 aliphatic rings. The van der Waals surface area contributed by atoms with E-state index in [2.05, 4.69) is 5.32 Å². The number of sulfonamides is 1. The zero-order valence-electron chi connectivity index (χ0n) is 16.6. The molecule has 0 radical (unpaired) electrons. The molecule has 1 amide bonds. The van der Waals surface area contributed by atoms with Gasteiger partial charge in [-0.3, -0.25) is 4.79 Å². The maximum absolute atomic E-state index is 13.5. The Hall–Kier alpha value is -2.65. The van der Waals surface area contributed by atoms with Gasteiger partial charge in [0.25, 0.3) is 0 Å². The molecule has 1 fully saturated rings. The van der Waals surface area contributed by atoms with Gasteiger partial charge in [-0.05, 0) is 30.0 Å². The molecular formula is C22H23F3N2O3S. The van der Waals surface area contributed by atoms with Gasteiger partial charge >= 0.3 is 6.18 Å². The summed E-state index contributed by atoms with van der Waals surface area (Å²) in [4.78, 5) is 12.5. The molecule has 31 heavy (non-hydrogen) atoms. The highest BCUT2D eigenvalue weighted by Gasteiger charge is 2.43. The minimum atomic E-state index is -4.64. The van der Waals surface area contributed by atoms with Crippen molar-refractivity contribution in [2.24, 2.45) is 5.92 Å². The fourth-order valence-electron chi connectivity index (χ4n) is 3.45. The first kappa shape index (κ1) is 23.0. The van der Waals surface area contributed by atoms with E-state index in [1.54, 1.807) is 30.3 Å². The zero-order valence-corrected chi connectivity index (χ0v) is 17.4. The molecule has 9 heteroatoms. The van der Waals surface area contributed by atoms with Crippen molar-refractivity contribution in [2.45, 2.75) is 25.1 Å². The summed E-state index contributed by atoms with van der Waals surface area (Å²) >= 11 is 0. The van der Waals surface area contributed by atoms with Crippen LogP contribution in [0.15, 0.2) is 66.1 Å². The van der Waals surface area contributed by atoms with Crippen LogP contribution in [0.5, 0.6) is 0 Å². The molecule has 0 saturated carbocycles. The lowest BCUT2D eigenvalue weighted by Crippen LogP contribution is -2.45. The lowest BCUT2D eigenvalue weighted by molar-refractivity contribution is -0.165. The minimum absolute atomic E-state index is 0.0468. The molecule has 0 aromatic heterocycles. The van der Waals surface area contributed by atoms with E-state index in [4.69, 9.17) is 0 Å². The van der Waals surface area contributed by atoms with Crippen LogP contribution in [0.3, 0.4) is 0 Å². The van der Waals surface area contributed by atoms with E-state index in [-0.39, 0.29) is 31.5 Å². The Morgan fingerprint density at radius 3 is 2.10 bits per heavy atom. The first-order valence-electron chi connectivity index (χ1n) is 9.82. The number of carbonyl (C=O) groups excluding carboxylic acids is 1. The van der Waals surface area contributed by atoms with E-state index in [1.807, 2.05) is 6.07 Å². The van der Waals surface area contributed by atoms with Crippen molar-refractivity contribution in [3.63, 3.8) is 0 Å². The van der Waals surface area contributed by atoms with Gasteiger partial charge in [0.1, 0.15) is 0 Å². The molecule has 1 N–H and O–H groups in total. The predicted molar refractivity (Wildman–Crippen MR) is 112 cm³/mol. The topological polar surface area (TPSA) is 66.5 Å². The SMILES string of the molecule is O=C(NC(c1ccccc1)C(F)(F)F)C1CCN(S(=O)(=O)/C=C/c2ccccc2)CC1. The molecule has 3 rings (SSSR count). The van der Waals surface area contributed by atoms with Crippen molar-refractivity contribution < 1.29 is 26.4 Å². The van der Waals surface area contributed by atoms with E-state index < -0.39 is 34.1 Å². The Labute approximate surface area is 179 Å². The maximum atomic E-state index is 13.5. The molecule has 1 heterocycles. The summed E-state index contributed by atoms with van der Waals surface area (Å²) in [6.07, 6.45) is -2.83. The van der Waals surface area contributed by atoms with Crippen LogP contribution in [0.4, 0.5) is 13.2 Å². The van der Waals surface area contributed by atoms with Crippen LogP contribution in [0, 0.1) is 5.92 Å².